The Morgan fingerprint density at radius 2 is 2.09 bits per heavy atom. The van der Waals surface area contributed by atoms with Crippen LogP contribution in [0.5, 0.6) is 0 Å². The largest absolute Gasteiger partial charge is 0.344 e. The molecule has 22 heavy (non-hydrogen) atoms. The van der Waals surface area contributed by atoms with Crippen LogP contribution in [-0.2, 0) is 0 Å². The standard InChI is InChI=1S/C11H8N6O2S3/c1-20-8-4-2-7(3-5-8)16-10(13-14-15-16)22-11-12-6-9(21-11)17(18)19/h2-6H,1H3. The summed E-state index contributed by atoms with van der Waals surface area (Å²) in [5, 5.41) is 22.7. The van der Waals surface area contributed by atoms with E-state index in [1.807, 2.05) is 30.5 Å². The van der Waals surface area contributed by atoms with Crippen LogP contribution in [0.2, 0.25) is 0 Å². The highest BCUT2D eigenvalue weighted by atomic mass is 32.2. The first-order chi connectivity index (χ1) is 10.7. The van der Waals surface area contributed by atoms with Crippen LogP contribution >= 0.6 is 34.9 Å². The molecule has 0 aliphatic carbocycles. The Hall–Kier alpha value is -1.98. The highest BCUT2D eigenvalue weighted by molar-refractivity contribution is 8.01. The van der Waals surface area contributed by atoms with Crippen LogP contribution in [0.4, 0.5) is 5.00 Å². The molecule has 3 rings (SSSR count). The van der Waals surface area contributed by atoms with E-state index in [0.717, 1.165) is 21.9 Å². The summed E-state index contributed by atoms with van der Waals surface area (Å²) in [6, 6.07) is 7.78. The van der Waals surface area contributed by atoms with E-state index in [4.69, 9.17) is 0 Å². The Kier molecular flexibility index (Phi) is 4.36. The fraction of sp³-hybridized carbons (Fsp3) is 0.0909. The summed E-state index contributed by atoms with van der Waals surface area (Å²) in [6.45, 7) is 0. The third-order valence-corrected chi connectivity index (χ3v) is 5.29. The number of nitro groups is 1. The number of thiazole rings is 1. The van der Waals surface area contributed by atoms with Gasteiger partial charge < -0.3 is 0 Å². The molecule has 0 aliphatic heterocycles. The highest BCUT2D eigenvalue weighted by Gasteiger charge is 2.16. The van der Waals surface area contributed by atoms with Crippen LogP contribution in [0, 0.1) is 10.1 Å². The minimum absolute atomic E-state index is 0.00847. The van der Waals surface area contributed by atoms with Crippen molar-refractivity contribution in [3.8, 4) is 5.69 Å². The maximum atomic E-state index is 10.7. The van der Waals surface area contributed by atoms with Gasteiger partial charge in [0.2, 0.25) is 5.16 Å². The second-order valence-corrected chi connectivity index (χ2v) is 7.00. The molecule has 3 aromatic rings. The van der Waals surface area contributed by atoms with Crippen molar-refractivity contribution in [3.63, 3.8) is 0 Å². The van der Waals surface area contributed by atoms with Gasteiger partial charge in [-0.3, -0.25) is 10.1 Å². The predicted molar refractivity (Wildman–Crippen MR) is 83.8 cm³/mol. The molecular weight excluding hydrogens is 344 g/mol. The molecule has 11 heteroatoms. The van der Waals surface area contributed by atoms with E-state index in [0.29, 0.717) is 9.50 Å². The van der Waals surface area contributed by atoms with Gasteiger partial charge in [-0.15, -0.1) is 16.9 Å². The second kappa shape index (κ2) is 6.42. The molecule has 8 nitrogen and oxygen atoms in total. The first-order valence-electron chi connectivity index (χ1n) is 5.88. The average Bonchev–Trinajstić information content (AvgIpc) is 3.17. The quantitative estimate of drug-likeness (QED) is 0.392. The molecule has 0 radical (unpaired) electrons. The predicted octanol–water partition coefficient (Wildman–Crippen LogP) is 2.90. The number of tetrazole rings is 1. The molecule has 0 fully saturated rings. The highest BCUT2D eigenvalue weighted by Crippen LogP contribution is 2.33. The Balaban J connectivity index is 1.86. The van der Waals surface area contributed by atoms with Crippen molar-refractivity contribution < 1.29 is 4.92 Å². The zero-order valence-corrected chi connectivity index (χ0v) is 13.6. The van der Waals surface area contributed by atoms with Gasteiger partial charge in [-0.25, -0.2) is 4.98 Å². The maximum Gasteiger partial charge on any atom is 0.344 e. The van der Waals surface area contributed by atoms with E-state index in [9.17, 15) is 10.1 Å². The first-order valence-corrected chi connectivity index (χ1v) is 8.74. The lowest BCUT2D eigenvalue weighted by molar-refractivity contribution is -0.380. The summed E-state index contributed by atoms with van der Waals surface area (Å²) in [7, 11) is 0. The number of aromatic nitrogens is 5. The summed E-state index contributed by atoms with van der Waals surface area (Å²) in [4.78, 5) is 15.4. The van der Waals surface area contributed by atoms with E-state index < -0.39 is 4.92 Å². The monoisotopic (exact) mass is 352 g/mol. The fourth-order valence-corrected chi connectivity index (χ4v) is 3.67. The number of hydrogen-bond acceptors (Lipinski definition) is 9. The van der Waals surface area contributed by atoms with Crippen molar-refractivity contribution in [3.05, 3.63) is 40.6 Å². The molecule has 0 saturated heterocycles. The molecule has 0 amide bonds. The van der Waals surface area contributed by atoms with E-state index in [1.54, 1.807) is 16.4 Å². The van der Waals surface area contributed by atoms with Crippen LogP contribution in [0.1, 0.15) is 0 Å². The van der Waals surface area contributed by atoms with Gasteiger partial charge in [-0.1, -0.05) is 0 Å². The van der Waals surface area contributed by atoms with Crippen LogP contribution in [0.3, 0.4) is 0 Å². The first kappa shape index (κ1) is 14.9. The smallest absolute Gasteiger partial charge is 0.257 e. The minimum Gasteiger partial charge on any atom is -0.257 e. The van der Waals surface area contributed by atoms with Crippen molar-refractivity contribution in [2.45, 2.75) is 14.4 Å². The molecule has 2 aromatic heterocycles. The molecule has 0 bridgehead atoms. The summed E-state index contributed by atoms with van der Waals surface area (Å²) in [6.07, 6.45) is 3.23. The van der Waals surface area contributed by atoms with Crippen LogP contribution in [-0.4, -0.2) is 36.4 Å². The molecule has 0 unspecified atom stereocenters. The van der Waals surface area contributed by atoms with Crippen molar-refractivity contribution >= 4 is 39.9 Å². The molecule has 0 atom stereocenters. The third-order valence-electron chi connectivity index (χ3n) is 2.59. The van der Waals surface area contributed by atoms with Gasteiger partial charge in [0.05, 0.1) is 10.6 Å². The van der Waals surface area contributed by atoms with Crippen LogP contribution in [0.15, 0.2) is 44.9 Å². The van der Waals surface area contributed by atoms with E-state index in [2.05, 4.69) is 20.5 Å². The van der Waals surface area contributed by atoms with Crippen molar-refractivity contribution in [1.82, 2.24) is 25.2 Å². The molecular formula is C11H8N6O2S3. The lowest BCUT2D eigenvalue weighted by Gasteiger charge is -2.03. The van der Waals surface area contributed by atoms with Gasteiger partial charge in [0.1, 0.15) is 6.20 Å². The van der Waals surface area contributed by atoms with Gasteiger partial charge in [0.25, 0.3) is 0 Å². The summed E-state index contributed by atoms with van der Waals surface area (Å²) in [5.74, 6) is 0. The zero-order valence-electron chi connectivity index (χ0n) is 11.1. The fourth-order valence-electron chi connectivity index (χ4n) is 1.59. The average molecular weight is 352 g/mol. The molecule has 112 valence electrons. The molecule has 0 aliphatic rings. The van der Waals surface area contributed by atoms with Crippen molar-refractivity contribution in [1.29, 1.82) is 0 Å². The van der Waals surface area contributed by atoms with E-state index in [-0.39, 0.29) is 5.00 Å². The molecule has 1 aromatic carbocycles. The number of thioether (sulfide) groups is 1. The topological polar surface area (TPSA) is 99.6 Å². The number of benzene rings is 1. The second-order valence-electron chi connectivity index (χ2n) is 3.89. The lowest BCUT2D eigenvalue weighted by atomic mass is 10.3. The minimum atomic E-state index is -0.466. The lowest BCUT2D eigenvalue weighted by Crippen LogP contribution is -1.98. The van der Waals surface area contributed by atoms with Gasteiger partial charge in [0.15, 0.2) is 4.34 Å². The molecule has 0 spiro atoms. The van der Waals surface area contributed by atoms with E-state index in [1.165, 1.54) is 18.0 Å². The molecule has 2 heterocycles. The molecule has 0 saturated carbocycles. The zero-order chi connectivity index (χ0) is 15.5. The normalized spacial score (nSPS) is 10.8. The summed E-state index contributed by atoms with van der Waals surface area (Å²) >= 11 is 3.83. The third kappa shape index (κ3) is 3.10. The van der Waals surface area contributed by atoms with Gasteiger partial charge >= 0.3 is 5.00 Å². The Labute approximate surface area is 137 Å². The van der Waals surface area contributed by atoms with Crippen LogP contribution in [0.25, 0.3) is 5.69 Å². The molecule has 0 N–H and O–H groups in total. The number of rotatable bonds is 5. The summed E-state index contributed by atoms with van der Waals surface area (Å²) < 4.78 is 2.09. The van der Waals surface area contributed by atoms with Crippen LogP contribution < -0.4 is 0 Å². The van der Waals surface area contributed by atoms with Crippen molar-refractivity contribution in [2.24, 2.45) is 0 Å². The Bertz CT molecular complexity index is 800. The van der Waals surface area contributed by atoms with Crippen molar-refractivity contribution in [2.75, 3.05) is 6.26 Å². The van der Waals surface area contributed by atoms with E-state index >= 15 is 0 Å². The number of hydrogen-bond donors (Lipinski definition) is 0. The van der Waals surface area contributed by atoms with Gasteiger partial charge in [0, 0.05) is 4.90 Å². The van der Waals surface area contributed by atoms with Gasteiger partial charge in [-0.2, -0.15) is 4.68 Å². The SMILES string of the molecule is CSc1ccc(-n2nnnc2Sc2ncc([N+](=O)[O-])s2)cc1. The maximum absolute atomic E-state index is 10.7. The summed E-state index contributed by atoms with van der Waals surface area (Å²) in [5.41, 5.74) is 0.816. The number of nitrogens with zero attached hydrogens (tertiary/aromatic N) is 6. The Morgan fingerprint density at radius 3 is 2.73 bits per heavy atom. The Morgan fingerprint density at radius 1 is 1.32 bits per heavy atom. The van der Waals surface area contributed by atoms with Gasteiger partial charge in [-0.05, 0) is 64.0 Å².